The van der Waals surface area contributed by atoms with E-state index in [1.165, 1.54) is 38.2 Å². The molecule has 4 unspecified atom stereocenters. The minimum Gasteiger partial charge on any atom is -0.316 e. The lowest BCUT2D eigenvalue weighted by Crippen LogP contribution is -2.37. The van der Waals surface area contributed by atoms with Gasteiger partial charge in [0.15, 0.2) is 0 Å². The third-order valence-electron chi connectivity index (χ3n) is 5.12. The Bertz CT molecular complexity index is 403. The molecule has 0 spiro atoms. The number of nitrogens with one attached hydrogen (secondary N) is 1. The van der Waals surface area contributed by atoms with E-state index < -0.39 is 0 Å². The third-order valence-corrected chi connectivity index (χ3v) is 5.12. The van der Waals surface area contributed by atoms with Crippen molar-refractivity contribution in [2.24, 2.45) is 11.8 Å². The summed E-state index contributed by atoms with van der Waals surface area (Å²) in [5.74, 6) is 2.43. The maximum atomic E-state index is 3.57. The Morgan fingerprint density at radius 3 is 2.79 bits per heavy atom. The van der Waals surface area contributed by atoms with E-state index in [1.807, 2.05) is 0 Å². The summed E-state index contributed by atoms with van der Waals surface area (Å²) in [4.78, 5) is 2.76. The quantitative estimate of drug-likeness (QED) is 0.893. The highest BCUT2D eigenvalue weighted by molar-refractivity contribution is 5.19. The monoisotopic (exact) mass is 258 g/mol. The topological polar surface area (TPSA) is 15.3 Å². The lowest BCUT2D eigenvalue weighted by atomic mass is 9.92. The highest BCUT2D eigenvalue weighted by Crippen LogP contribution is 2.35. The minimum atomic E-state index is 0.641. The molecule has 4 atom stereocenters. The predicted octanol–water partition coefficient (Wildman–Crippen LogP) is 2.72. The van der Waals surface area contributed by atoms with E-state index in [9.17, 15) is 0 Å². The molecule has 19 heavy (non-hydrogen) atoms. The molecule has 2 aliphatic rings. The predicted molar refractivity (Wildman–Crippen MR) is 80.4 cm³/mol. The number of benzene rings is 1. The molecule has 0 amide bonds. The maximum Gasteiger partial charge on any atom is 0.0137 e. The molecule has 0 aromatic heterocycles. The van der Waals surface area contributed by atoms with E-state index in [0.29, 0.717) is 5.92 Å². The Balaban J connectivity index is 1.66. The van der Waals surface area contributed by atoms with Gasteiger partial charge in [0, 0.05) is 19.1 Å². The third kappa shape index (κ3) is 2.56. The molecule has 1 aromatic carbocycles. The molecule has 2 fully saturated rings. The fourth-order valence-corrected chi connectivity index (χ4v) is 4.12. The van der Waals surface area contributed by atoms with Crippen LogP contribution in [0, 0.1) is 11.8 Å². The van der Waals surface area contributed by atoms with Crippen LogP contribution in [0.2, 0.25) is 0 Å². The molecule has 1 N–H and O–H groups in total. The number of likely N-dealkylation sites (tertiary alicyclic amines) is 1. The fraction of sp³-hybridized carbons (Fsp3) is 0.647. The second kappa shape index (κ2) is 5.64. The van der Waals surface area contributed by atoms with Crippen molar-refractivity contribution in [2.75, 3.05) is 26.2 Å². The van der Waals surface area contributed by atoms with Gasteiger partial charge in [-0.05, 0) is 42.8 Å². The van der Waals surface area contributed by atoms with Gasteiger partial charge in [-0.2, -0.15) is 0 Å². The smallest absolute Gasteiger partial charge is 0.0137 e. The van der Waals surface area contributed by atoms with Crippen LogP contribution in [0.3, 0.4) is 0 Å². The number of hydrogen-bond donors (Lipinski definition) is 1. The van der Waals surface area contributed by atoms with E-state index in [1.54, 1.807) is 0 Å². The van der Waals surface area contributed by atoms with Crippen LogP contribution in [0.4, 0.5) is 0 Å². The minimum absolute atomic E-state index is 0.641. The molecule has 0 saturated carbocycles. The molecule has 0 radical (unpaired) electrons. The summed E-state index contributed by atoms with van der Waals surface area (Å²) >= 11 is 0. The second-order valence-electron chi connectivity index (χ2n) is 6.32. The zero-order valence-corrected chi connectivity index (χ0v) is 12.2. The number of fused-ring (bicyclic) bond motifs is 1. The molecule has 0 aliphatic carbocycles. The van der Waals surface area contributed by atoms with Crippen molar-refractivity contribution >= 4 is 0 Å². The van der Waals surface area contributed by atoms with Gasteiger partial charge in [0.1, 0.15) is 0 Å². The zero-order chi connectivity index (χ0) is 13.2. The molecule has 2 saturated heterocycles. The highest BCUT2D eigenvalue weighted by Gasteiger charge is 2.43. The van der Waals surface area contributed by atoms with E-state index in [0.717, 1.165) is 17.9 Å². The Morgan fingerprint density at radius 2 is 2.05 bits per heavy atom. The zero-order valence-electron chi connectivity index (χ0n) is 12.2. The van der Waals surface area contributed by atoms with Crippen LogP contribution < -0.4 is 5.32 Å². The molecule has 0 bridgehead atoms. The van der Waals surface area contributed by atoms with Gasteiger partial charge in [-0.25, -0.2) is 0 Å². The van der Waals surface area contributed by atoms with Gasteiger partial charge in [0.2, 0.25) is 0 Å². The van der Waals surface area contributed by atoms with Crippen LogP contribution >= 0.6 is 0 Å². The van der Waals surface area contributed by atoms with Gasteiger partial charge in [-0.15, -0.1) is 0 Å². The molecule has 2 heterocycles. The Hall–Kier alpha value is -0.860. The van der Waals surface area contributed by atoms with Crippen LogP contribution in [-0.4, -0.2) is 37.1 Å². The van der Waals surface area contributed by atoms with Gasteiger partial charge in [0.05, 0.1) is 0 Å². The largest absolute Gasteiger partial charge is 0.316 e. The lowest BCUT2D eigenvalue weighted by Gasteiger charge is -2.29. The van der Waals surface area contributed by atoms with Crippen molar-refractivity contribution in [1.82, 2.24) is 10.2 Å². The maximum absolute atomic E-state index is 3.57. The first kappa shape index (κ1) is 13.1. The molecule has 1 aromatic rings. The van der Waals surface area contributed by atoms with Gasteiger partial charge < -0.3 is 5.32 Å². The van der Waals surface area contributed by atoms with Crippen molar-refractivity contribution in [3.05, 3.63) is 35.9 Å². The van der Waals surface area contributed by atoms with Gasteiger partial charge in [-0.3, -0.25) is 4.90 Å². The summed E-state index contributed by atoms with van der Waals surface area (Å²) in [5.41, 5.74) is 1.48. The van der Waals surface area contributed by atoms with E-state index in [-0.39, 0.29) is 0 Å². The van der Waals surface area contributed by atoms with Crippen molar-refractivity contribution in [3.63, 3.8) is 0 Å². The molecule has 2 heteroatoms. The summed E-state index contributed by atoms with van der Waals surface area (Å²) in [5, 5.41) is 3.57. The molecular formula is C17H26N2. The SMILES string of the molecule is CCC1C2CNCC2CN1CC(C)c1ccccc1. The van der Waals surface area contributed by atoms with Crippen molar-refractivity contribution in [2.45, 2.75) is 32.2 Å². The van der Waals surface area contributed by atoms with Crippen LogP contribution in [0.15, 0.2) is 30.3 Å². The van der Waals surface area contributed by atoms with Crippen LogP contribution in [0.25, 0.3) is 0 Å². The van der Waals surface area contributed by atoms with Gasteiger partial charge in [-0.1, -0.05) is 44.2 Å². The normalized spacial score (nSPS) is 32.4. The first-order valence-electron chi connectivity index (χ1n) is 7.79. The molecular weight excluding hydrogens is 232 g/mol. The fourth-order valence-electron chi connectivity index (χ4n) is 4.12. The summed E-state index contributed by atoms with van der Waals surface area (Å²) in [6.07, 6.45) is 1.30. The average molecular weight is 258 g/mol. The second-order valence-corrected chi connectivity index (χ2v) is 6.32. The van der Waals surface area contributed by atoms with E-state index >= 15 is 0 Å². The van der Waals surface area contributed by atoms with Crippen molar-refractivity contribution in [3.8, 4) is 0 Å². The van der Waals surface area contributed by atoms with Crippen LogP contribution in [0.5, 0.6) is 0 Å². The van der Waals surface area contributed by atoms with E-state index in [4.69, 9.17) is 0 Å². The molecule has 2 aliphatic heterocycles. The van der Waals surface area contributed by atoms with Crippen molar-refractivity contribution in [1.29, 1.82) is 0 Å². The first-order chi connectivity index (χ1) is 9.29. The van der Waals surface area contributed by atoms with Gasteiger partial charge in [0.25, 0.3) is 0 Å². The van der Waals surface area contributed by atoms with Crippen molar-refractivity contribution < 1.29 is 0 Å². The summed E-state index contributed by atoms with van der Waals surface area (Å²) in [7, 11) is 0. The lowest BCUT2D eigenvalue weighted by molar-refractivity contribution is 0.209. The number of hydrogen-bond acceptors (Lipinski definition) is 2. The summed E-state index contributed by atoms with van der Waals surface area (Å²) in [6, 6.07) is 11.8. The van der Waals surface area contributed by atoms with Gasteiger partial charge >= 0.3 is 0 Å². The average Bonchev–Trinajstić information content (AvgIpc) is 3.00. The standard InChI is InChI=1S/C17H26N2/c1-3-17-16-10-18-9-15(16)12-19(17)11-13(2)14-7-5-4-6-8-14/h4-8,13,15-18H,3,9-12H2,1-2H3. The Labute approximate surface area is 117 Å². The highest BCUT2D eigenvalue weighted by atomic mass is 15.2. The molecule has 2 nitrogen and oxygen atoms in total. The van der Waals surface area contributed by atoms with Crippen LogP contribution in [-0.2, 0) is 0 Å². The summed E-state index contributed by atoms with van der Waals surface area (Å²) < 4.78 is 0. The number of rotatable bonds is 4. The molecule has 104 valence electrons. The number of nitrogens with zero attached hydrogens (tertiary/aromatic N) is 1. The van der Waals surface area contributed by atoms with E-state index in [2.05, 4.69) is 54.4 Å². The molecule has 3 rings (SSSR count). The Morgan fingerprint density at radius 1 is 1.26 bits per heavy atom. The first-order valence-corrected chi connectivity index (χ1v) is 7.79. The summed E-state index contributed by atoms with van der Waals surface area (Å²) in [6.45, 7) is 9.71. The van der Waals surface area contributed by atoms with Crippen LogP contribution in [0.1, 0.15) is 31.7 Å². The Kier molecular flexibility index (Phi) is 3.90.